The fourth-order valence-electron chi connectivity index (χ4n) is 3.32. The number of hydrogen-bond donors (Lipinski definition) is 2. The second kappa shape index (κ2) is 9.34. The van der Waals surface area contributed by atoms with E-state index in [0.717, 1.165) is 24.8 Å². The first-order chi connectivity index (χ1) is 14.8. The van der Waals surface area contributed by atoms with Crippen LogP contribution in [0.25, 0.3) is 10.9 Å². The highest BCUT2D eigenvalue weighted by molar-refractivity contribution is 7.92. The van der Waals surface area contributed by atoms with E-state index in [9.17, 15) is 18.0 Å². The average Bonchev–Trinajstić information content (AvgIpc) is 2.76. The summed E-state index contributed by atoms with van der Waals surface area (Å²) in [5.74, 6) is -0.468. The predicted octanol–water partition coefficient (Wildman–Crippen LogP) is 3.58. The maximum absolute atomic E-state index is 13.2. The van der Waals surface area contributed by atoms with Crippen molar-refractivity contribution in [2.45, 2.75) is 38.0 Å². The first-order valence-electron chi connectivity index (χ1n) is 10.2. The van der Waals surface area contributed by atoms with Crippen molar-refractivity contribution in [3.8, 4) is 0 Å². The Hall–Kier alpha value is -3.13. The van der Waals surface area contributed by atoms with Gasteiger partial charge in [0, 0.05) is 30.7 Å². The van der Waals surface area contributed by atoms with Crippen LogP contribution in [0.1, 0.15) is 42.1 Å². The monoisotopic (exact) mass is 441 g/mol. The standard InChI is InChI=1S/C23H27N3O4S/c1-4-5-6-12-24-23(28)20-15-25-21-11-10-18(14-19(21)22(20)27)31(29,30)26(3)17-9-7-8-16(2)13-17/h7-11,13-15H,4-6,12H2,1-3H3,(H,24,28)(H,25,27). The Labute approximate surface area is 182 Å². The smallest absolute Gasteiger partial charge is 0.264 e. The number of aromatic amines is 1. The SMILES string of the molecule is CCCCCNC(=O)c1c[nH]c2ccc(S(=O)(=O)N(C)c3cccc(C)c3)cc2c1=O. The molecule has 1 heterocycles. The molecule has 1 amide bonds. The van der Waals surface area contributed by atoms with Crippen LogP contribution >= 0.6 is 0 Å². The molecule has 7 nitrogen and oxygen atoms in total. The third-order valence-electron chi connectivity index (χ3n) is 5.19. The molecule has 0 fully saturated rings. The second-order valence-corrected chi connectivity index (χ2v) is 9.48. The summed E-state index contributed by atoms with van der Waals surface area (Å²) in [6.45, 7) is 4.44. The van der Waals surface area contributed by atoms with Gasteiger partial charge in [-0.15, -0.1) is 0 Å². The number of anilines is 1. The quantitative estimate of drug-likeness (QED) is 0.522. The van der Waals surface area contributed by atoms with Gasteiger partial charge in [-0.3, -0.25) is 13.9 Å². The average molecular weight is 442 g/mol. The largest absolute Gasteiger partial charge is 0.360 e. The van der Waals surface area contributed by atoms with E-state index in [1.807, 2.05) is 13.0 Å². The summed E-state index contributed by atoms with van der Waals surface area (Å²) >= 11 is 0. The zero-order valence-electron chi connectivity index (χ0n) is 17.9. The van der Waals surface area contributed by atoms with E-state index in [1.54, 1.807) is 18.2 Å². The first kappa shape index (κ1) is 22.6. The van der Waals surface area contributed by atoms with E-state index >= 15 is 0 Å². The minimum absolute atomic E-state index is 0.0185. The maximum Gasteiger partial charge on any atom is 0.264 e. The number of nitrogens with one attached hydrogen (secondary N) is 2. The topological polar surface area (TPSA) is 99.3 Å². The summed E-state index contributed by atoms with van der Waals surface area (Å²) in [7, 11) is -2.42. The van der Waals surface area contributed by atoms with Crippen LogP contribution in [0.3, 0.4) is 0 Å². The van der Waals surface area contributed by atoms with E-state index in [0.29, 0.717) is 17.7 Å². The van der Waals surface area contributed by atoms with Gasteiger partial charge in [0.25, 0.3) is 15.9 Å². The molecule has 31 heavy (non-hydrogen) atoms. The van der Waals surface area contributed by atoms with Gasteiger partial charge in [0.15, 0.2) is 0 Å². The molecular formula is C23H27N3O4S. The molecule has 2 aromatic carbocycles. The Morgan fingerprint density at radius 3 is 2.61 bits per heavy atom. The van der Waals surface area contributed by atoms with Crippen molar-refractivity contribution in [1.82, 2.24) is 10.3 Å². The lowest BCUT2D eigenvalue weighted by atomic mass is 10.1. The molecule has 0 radical (unpaired) electrons. The molecule has 0 aliphatic carbocycles. The van der Waals surface area contributed by atoms with Crippen LogP contribution in [-0.2, 0) is 10.0 Å². The Balaban J connectivity index is 1.97. The number of unbranched alkanes of at least 4 members (excludes halogenated alkanes) is 2. The van der Waals surface area contributed by atoms with Crippen LogP contribution in [-0.4, -0.2) is 32.9 Å². The molecule has 0 bridgehead atoms. The van der Waals surface area contributed by atoms with Gasteiger partial charge in [0.1, 0.15) is 5.56 Å². The zero-order valence-corrected chi connectivity index (χ0v) is 18.8. The number of pyridine rings is 1. The Morgan fingerprint density at radius 2 is 1.90 bits per heavy atom. The van der Waals surface area contributed by atoms with Gasteiger partial charge in [-0.05, 0) is 49.2 Å². The number of amides is 1. The molecule has 0 saturated heterocycles. The third kappa shape index (κ3) is 4.80. The van der Waals surface area contributed by atoms with Gasteiger partial charge in [-0.2, -0.15) is 0 Å². The summed E-state index contributed by atoms with van der Waals surface area (Å²) in [5, 5.41) is 2.90. The minimum atomic E-state index is -3.89. The van der Waals surface area contributed by atoms with Crippen molar-refractivity contribution in [2.24, 2.45) is 0 Å². The molecule has 0 aliphatic heterocycles. The van der Waals surface area contributed by atoms with Crippen molar-refractivity contribution in [2.75, 3.05) is 17.9 Å². The lowest BCUT2D eigenvalue weighted by molar-refractivity contribution is 0.0951. The van der Waals surface area contributed by atoms with Crippen LogP contribution in [0.4, 0.5) is 5.69 Å². The molecular weight excluding hydrogens is 414 g/mol. The van der Waals surface area contributed by atoms with E-state index in [2.05, 4.69) is 17.2 Å². The fourth-order valence-corrected chi connectivity index (χ4v) is 4.53. The number of nitrogens with zero attached hydrogens (tertiary/aromatic N) is 1. The molecule has 1 aromatic heterocycles. The molecule has 0 saturated carbocycles. The number of carbonyl (C=O) groups excluding carboxylic acids is 1. The van der Waals surface area contributed by atoms with Crippen LogP contribution < -0.4 is 15.1 Å². The predicted molar refractivity (Wildman–Crippen MR) is 123 cm³/mol. The Morgan fingerprint density at radius 1 is 1.13 bits per heavy atom. The number of aromatic nitrogens is 1. The van der Waals surface area contributed by atoms with Crippen molar-refractivity contribution < 1.29 is 13.2 Å². The van der Waals surface area contributed by atoms with Crippen LogP contribution in [0, 0.1) is 6.92 Å². The highest BCUT2D eigenvalue weighted by Crippen LogP contribution is 2.24. The molecule has 0 aliphatic rings. The molecule has 3 rings (SSSR count). The normalized spacial score (nSPS) is 11.5. The lowest BCUT2D eigenvalue weighted by Gasteiger charge is -2.20. The summed E-state index contributed by atoms with van der Waals surface area (Å²) in [4.78, 5) is 28.3. The van der Waals surface area contributed by atoms with Gasteiger partial charge in [0.05, 0.1) is 10.6 Å². The summed E-state index contributed by atoms with van der Waals surface area (Å²) in [6, 6.07) is 11.5. The number of fused-ring (bicyclic) bond motifs is 1. The number of carbonyl (C=O) groups is 1. The molecule has 0 unspecified atom stereocenters. The van der Waals surface area contributed by atoms with E-state index in [4.69, 9.17) is 0 Å². The molecule has 3 aromatic rings. The van der Waals surface area contributed by atoms with Crippen LogP contribution in [0.15, 0.2) is 58.4 Å². The van der Waals surface area contributed by atoms with E-state index in [-0.39, 0.29) is 15.8 Å². The summed E-state index contributed by atoms with van der Waals surface area (Å²) in [5.41, 5.74) is 1.38. The number of hydrogen-bond acceptors (Lipinski definition) is 4. The van der Waals surface area contributed by atoms with Gasteiger partial charge in [-0.25, -0.2) is 8.42 Å². The highest BCUT2D eigenvalue weighted by Gasteiger charge is 2.23. The highest BCUT2D eigenvalue weighted by atomic mass is 32.2. The summed E-state index contributed by atoms with van der Waals surface area (Å²) < 4.78 is 27.5. The van der Waals surface area contributed by atoms with Crippen molar-refractivity contribution in [3.05, 3.63) is 70.0 Å². The van der Waals surface area contributed by atoms with Crippen molar-refractivity contribution >= 4 is 32.5 Å². The molecule has 2 N–H and O–H groups in total. The Bertz CT molecular complexity index is 1270. The van der Waals surface area contributed by atoms with E-state index < -0.39 is 21.4 Å². The second-order valence-electron chi connectivity index (χ2n) is 7.51. The van der Waals surface area contributed by atoms with Crippen LogP contribution in [0.2, 0.25) is 0 Å². The third-order valence-corrected chi connectivity index (χ3v) is 6.97. The fraction of sp³-hybridized carbons (Fsp3) is 0.304. The number of aryl methyl sites for hydroxylation is 1. The van der Waals surface area contributed by atoms with Gasteiger partial charge in [-0.1, -0.05) is 31.9 Å². The van der Waals surface area contributed by atoms with Gasteiger partial charge >= 0.3 is 0 Å². The van der Waals surface area contributed by atoms with Gasteiger partial charge in [0.2, 0.25) is 5.43 Å². The molecule has 0 spiro atoms. The molecule has 8 heteroatoms. The van der Waals surface area contributed by atoms with Crippen molar-refractivity contribution in [1.29, 1.82) is 0 Å². The minimum Gasteiger partial charge on any atom is -0.360 e. The van der Waals surface area contributed by atoms with E-state index in [1.165, 1.54) is 35.7 Å². The van der Waals surface area contributed by atoms with Gasteiger partial charge < -0.3 is 10.3 Å². The number of benzene rings is 2. The molecule has 0 atom stereocenters. The molecule has 164 valence electrons. The number of sulfonamides is 1. The Kier molecular flexibility index (Phi) is 6.80. The zero-order chi connectivity index (χ0) is 22.6. The van der Waals surface area contributed by atoms with Crippen LogP contribution in [0.5, 0.6) is 0 Å². The number of H-pyrrole nitrogens is 1. The summed E-state index contributed by atoms with van der Waals surface area (Å²) in [6.07, 6.45) is 4.22. The lowest BCUT2D eigenvalue weighted by Crippen LogP contribution is -2.30. The maximum atomic E-state index is 13.2. The first-order valence-corrected chi connectivity index (χ1v) is 11.7. The number of rotatable bonds is 8. The van der Waals surface area contributed by atoms with Crippen molar-refractivity contribution in [3.63, 3.8) is 0 Å².